The third kappa shape index (κ3) is 3.68. The second-order valence-electron chi connectivity index (χ2n) is 4.44. The number of nitrogens with zero attached hydrogens (tertiary/aromatic N) is 1. The number of pyridine rings is 1. The van der Waals surface area contributed by atoms with Crippen molar-refractivity contribution in [1.29, 1.82) is 0 Å². The van der Waals surface area contributed by atoms with Crippen LogP contribution in [0.4, 0.5) is 5.69 Å². The molecular formula is C16H16N2O2. The minimum atomic E-state index is -0.218. The van der Waals surface area contributed by atoms with Crippen LogP contribution in [0, 0.1) is 0 Å². The number of benzene rings is 1. The maximum atomic E-state index is 12.1. The Kier molecular flexibility index (Phi) is 4.50. The van der Waals surface area contributed by atoms with Gasteiger partial charge in [0.1, 0.15) is 12.4 Å². The third-order valence-electron chi connectivity index (χ3n) is 2.53. The molecule has 1 heterocycles. The Hall–Kier alpha value is -2.62. The molecule has 0 saturated carbocycles. The lowest BCUT2D eigenvalue weighted by molar-refractivity contribution is 0.102. The van der Waals surface area contributed by atoms with Crippen LogP contribution in [-0.4, -0.2) is 17.5 Å². The van der Waals surface area contributed by atoms with Crippen LogP contribution in [0.15, 0.2) is 60.9 Å². The zero-order valence-electron chi connectivity index (χ0n) is 11.3. The van der Waals surface area contributed by atoms with Gasteiger partial charge in [-0.25, -0.2) is 0 Å². The monoisotopic (exact) mass is 268 g/mol. The second-order valence-corrected chi connectivity index (χ2v) is 4.44. The first-order valence-corrected chi connectivity index (χ1v) is 6.24. The van der Waals surface area contributed by atoms with E-state index in [2.05, 4.69) is 16.9 Å². The summed E-state index contributed by atoms with van der Waals surface area (Å²) >= 11 is 0. The number of carbonyl (C=O) groups excluding carboxylic acids is 1. The van der Waals surface area contributed by atoms with Gasteiger partial charge in [0.15, 0.2) is 0 Å². The van der Waals surface area contributed by atoms with Crippen molar-refractivity contribution in [2.75, 3.05) is 11.9 Å². The number of carbonyl (C=O) groups is 1. The predicted octanol–water partition coefficient (Wildman–Crippen LogP) is 3.29. The lowest BCUT2D eigenvalue weighted by Crippen LogP contribution is -2.13. The molecule has 4 heteroatoms. The maximum absolute atomic E-state index is 12.1. The van der Waals surface area contributed by atoms with Gasteiger partial charge in [-0.1, -0.05) is 18.7 Å². The number of anilines is 1. The molecule has 20 heavy (non-hydrogen) atoms. The molecular weight excluding hydrogens is 252 g/mol. The summed E-state index contributed by atoms with van der Waals surface area (Å²) in [6.07, 6.45) is 3.15. The van der Waals surface area contributed by atoms with Gasteiger partial charge in [0.05, 0.1) is 11.3 Å². The Morgan fingerprint density at radius 2 is 2.10 bits per heavy atom. The summed E-state index contributed by atoms with van der Waals surface area (Å²) < 4.78 is 5.61. The Balaban J connectivity index is 2.13. The molecule has 0 atom stereocenters. The van der Waals surface area contributed by atoms with E-state index in [-0.39, 0.29) is 5.91 Å². The molecule has 0 bridgehead atoms. The van der Waals surface area contributed by atoms with Crippen molar-refractivity contribution in [2.45, 2.75) is 6.92 Å². The number of hydrogen-bond donors (Lipinski definition) is 1. The van der Waals surface area contributed by atoms with E-state index in [0.717, 1.165) is 5.57 Å². The van der Waals surface area contributed by atoms with E-state index in [1.807, 2.05) is 25.1 Å². The number of aromatic nitrogens is 1. The number of rotatable bonds is 5. The fourth-order valence-electron chi connectivity index (χ4n) is 1.59. The summed E-state index contributed by atoms with van der Waals surface area (Å²) in [6, 6.07) is 10.7. The van der Waals surface area contributed by atoms with E-state index in [4.69, 9.17) is 4.74 Å². The average molecular weight is 268 g/mol. The Morgan fingerprint density at radius 3 is 2.80 bits per heavy atom. The highest BCUT2D eigenvalue weighted by atomic mass is 16.5. The van der Waals surface area contributed by atoms with Crippen molar-refractivity contribution in [3.63, 3.8) is 0 Å². The van der Waals surface area contributed by atoms with Crippen molar-refractivity contribution in [2.24, 2.45) is 0 Å². The molecule has 0 saturated heterocycles. The van der Waals surface area contributed by atoms with E-state index in [0.29, 0.717) is 23.6 Å². The molecule has 2 aromatic rings. The number of para-hydroxylation sites is 2. The normalized spacial score (nSPS) is 9.85. The summed E-state index contributed by atoms with van der Waals surface area (Å²) in [4.78, 5) is 16.0. The molecule has 0 spiro atoms. The van der Waals surface area contributed by atoms with Crippen molar-refractivity contribution in [1.82, 2.24) is 4.98 Å². The van der Waals surface area contributed by atoms with Crippen LogP contribution >= 0.6 is 0 Å². The molecule has 0 fully saturated rings. The Labute approximate surface area is 118 Å². The highest BCUT2D eigenvalue weighted by molar-refractivity contribution is 6.04. The molecule has 4 nitrogen and oxygen atoms in total. The molecule has 1 N–H and O–H groups in total. The third-order valence-corrected chi connectivity index (χ3v) is 2.53. The van der Waals surface area contributed by atoms with Crippen molar-refractivity contribution < 1.29 is 9.53 Å². The van der Waals surface area contributed by atoms with Crippen molar-refractivity contribution in [3.8, 4) is 5.75 Å². The lowest BCUT2D eigenvalue weighted by atomic mass is 10.2. The zero-order chi connectivity index (χ0) is 14.4. The first-order valence-electron chi connectivity index (χ1n) is 6.24. The molecule has 1 aromatic carbocycles. The summed E-state index contributed by atoms with van der Waals surface area (Å²) in [5.41, 5.74) is 2.04. The Bertz CT molecular complexity index is 609. The summed E-state index contributed by atoms with van der Waals surface area (Å²) in [5, 5.41) is 2.82. The van der Waals surface area contributed by atoms with E-state index in [9.17, 15) is 4.79 Å². The van der Waals surface area contributed by atoms with Gasteiger partial charge >= 0.3 is 0 Å². The van der Waals surface area contributed by atoms with Crippen LogP contribution < -0.4 is 10.1 Å². The number of nitrogens with one attached hydrogen (secondary N) is 1. The van der Waals surface area contributed by atoms with E-state index >= 15 is 0 Å². The average Bonchev–Trinajstić information content (AvgIpc) is 2.47. The molecule has 1 amide bonds. The molecule has 2 rings (SSSR count). The summed E-state index contributed by atoms with van der Waals surface area (Å²) in [6.45, 7) is 6.09. The van der Waals surface area contributed by atoms with Gasteiger partial charge in [-0.05, 0) is 36.8 Å². The number of ether oxygens (including phenoxy) is 1. The van der Waals surface area contributed by atoms with Gasteiger partial charge in [0, 0.05) is 12.4 Å². The minimum Gasteiger partial charge on any atom is -0.487 e. The minimum absolute atomic E-state index is 0.218. The Morgan fingerprint density at radius 1 is 1.30 bits per heavy atom. The number of amides is 1. The molecule has 1 aromatic heterocycles. The first kappa shape index (κ1) is 13.8. The van der Waals surface area contributed by atoms with E-state index in [1.165, 1.54) is 6.20 Å². The van der Waals surface area contributed by atoms with E-state index < -0.39 is 0 Å². The lowest BCUT2D eigenvalue weighted by Gasteiger charge is -2.12. The maximum Gasteiger partial charge on any atom is 0.257 e. The van der Waals surface area contributed by atoms with Gasteiger partial charge < -0.3 is 10.1 Å². The predicted molar refractivity (Wildman–Crippen MR) is 78.9 cm³/mol. The van der Waals surface area contributed by atoms with Crippen LogP contribution in [0.25, 0.3) is 0 Å². The SMILES string of the molecule is C=C(C)COc1ccccc1NC(=O)c1cccnc1. The highest BCUT2D eigenvalue weighted by Gasteiger charge is 2.09. The van der Waals surface area contributed by atoms with Crippen LogP contribution in [0.2, 0.25) is 0 Å². The molecule has 0 aliphatic carbocycles. The van der Waals surface area contributed by atoms with Crippen LogP contribution in [0.5, 0.6) is 5.75 Å². The standard InChI is InChI=1S/C16H16N2O2/c1-12(2)11-20-15-8-4-3-7-14(15)18-16(19)13-6-5-9-17-10-13/h3-10H,1,11H2,2H3,(H,18,19). The second kappa shape index (κ2) is 6.52. The molecule has 0 radical (unpaired) electrons. The molecule has 102 valence electrons. The van der Waals surface area contributed by atoms with Gasteiger partial charge in [-0.3, -0.25) is 9.78 Å². The first-order chi connectivity index (χ1) is 9.66. The van der Waals surface area contributed by atoms with Gasteiger partial charge in [0.25, 0.3) is 5.91 Å². The topological polar surface area (TPSA) is 51.2 Å². The largest absolute Gasteiger partial charge is 0.487 e. The fourth-order valence-corrected chi connectivity index (χ4v) is 1.59. The van der Waals surface area contributed by atoms with Crippen molar-refractivity contribution >= 4 is 11.6 Å². The van der Waals surface area contributed by atoms with Crippen molar-refractivity contribution in [3.05, 3.63) is 66.5 Å². The fraction of sp³-hybridized carbons (Fsp3) is 0.125. The zero-order valence-corrected chi connectivity index (χ0v) is 11.3. The van der Waals surface area contributed by atoms with Gasteiger partial charge in [-0.15, -0.1) is 0 Å². The quantitative estimate of drug-likeness (QED) is 0.846. The molecule has 0 aliphatic heterocycles. The van der Waals surface area contributed by atoms with Crippen LogP contribution in [-0.2, 0) is 0 Å². The number of hydrogen-bond acceptors (Lipinski definition) is 3. The smallest absolute Gasteiger partial charge is 0.257 e. The van der Waals surface area contributed by atoms with Gasteiger partial charge in [0.2, 0.25) is 0 Å². The summed E-state index contributed by atoms with van der Waals surface area (Å²) in [5.74, 6) is 0.400. The summed E-state index contributed by atoms with van der Waals surface area (Å²) in [7, 11) is 0. The van der Waals surface area contributed by atoms with Gasteiger partial charge in [-0.2, -0.15) is 0 Å². The highest BCUT2D eigenvalue weighted by Crippen LogP contribution is 2.24. The molecule has 0 aliphatic rings. The van der Waals surface area contributed by atoms with Crippen LogP contribution in [0.1, 0.15) is 17.3 Å². The molecule has 0 unspecified atom stereocenters. The van der Waals surface area contributed by atoms with Crippen LogP contribution in [0.3, 0.4) is 0 Å². The van der Waals surface area contributed by atoms with E-state index in [1.54, 1.807) is 24.4 Å².